The van der Waals surface area contributed by atoms with Gasteiger partial charge in [-0.15, -0.1) is 0 Å². The van der Waals surface area contributed by atoms with Gasteiger partial charge in [-0.2, -0.15) is 13.2 Å². The third-order valence-corrected chi connectivity index (χ3v) is 4.44. The topological polar surface area (TPSA) is 40.5 Å². The zero-order valence-electron chi connectivity index (χ0n) is 12.7. The van der Waals surface area contributed by atoms with E-state index in [1.54, 1.807) is 19.0 Å². The summed E-state index contributed by atoms with van der Waals surface area (Å²) >= 11 is 0. The molecule has 0 spiro atoms. The van der Waals surface area contributed by atoms with Crippen LogP contribution in [0.25, 0.3) is 0 Å². The molecule has 0 aromatic heterocycles. The van der Waals surface area contributed by atoms with E-state index in [1.165, 1.54) is 6.07 Å². The fourth-order valence-corrected chi connectivity index (χ4v) is 3.24. The largest absolute Gasteiger partial charge is 0.481 e. The van der Waals surface area contributed by atoms with Crippen LogP contribution >= 0.6 is 0 Å². The molecule has 1 saturated carbocycles. The number of carboxylic acid groups (broad SMARTS) is 1. The lowest BCUT2D eigenvalue weighted by atomic mass is 9.68. The minimum atomic E-state index is -4.48. The van der Waals surface area contributed by atoms with Crippen LogP contribution in [0.15, 0.2) is 18.2 Å². The Kier molecular flexibility index (Phi) is 4.40. The number of carboxylic acids is 1. The summed E-state index contributed by atoms with van der Waals surface area (Å²) in [6.07, 6.45) is -1.36. The van der Waals surface area contributed by atoms with Gasteiger partial charge in [0.05, 0.1) is 11.0 Å². The molecule has 0 heterocycles. The van der Waals surface area contributed by atoms with Crippen molar-refractivity contribution in [2.24, 2.45) is 0 Å². The van der Waals surface area contributed by atoms with Gasteiger partial charge in [0.2, 0.25) is 0 Å². The number of hydrogen-bond donors (Lipinski definition) is 1. The lowest BCUT2D eigenvalue weighted by Crippen LogP contribution is -2.39. The summed E-state index contributed by atoms with van der Waals surface area (Å²) in [6.45, 7) is 0. The molecule has 0 saturated heterocycles. The SMILES string of the molecule is CN(C)c1ccc(C(F)(F)F)cc1C1(C(=O)O)CCCCC1. The second-order valence-electron chi connectivity index (χ2n) is 6.07. The van der Waals surface area contributed by atoms with Crippen LogP contribution in [0.5, 0.6) is 0 Å². The van der Waals surface area contributed by atoms with Gasteiger partial charge in [0, 0.05) is 19.8 Å². The van der Waals surface area contributed by atoms with Crippen LogP contribution in [0.4, 0.5) is 18.9 Å². The van der Waals surface area contributed by atoms with Crippen LogP contribution in [-0.4, -0.2) is 25.2 Å². The average molecular weight is 315 g/mol. The van der Waals surface area contributed by atoms with Crippen molar-refractivity contribution in [3.63, 3.8) is 0 Å². The lowest BCUT2D eigenvalue weighted by molar-refractivity contribution is -0.145. The summed E-state index contributed by atoms with van der Waals surface area (Å²) in [4.78, 5) is 13.6. The Labute approximate surface area is 127 Å². The number of alkyl halides is 3. The molecule has 0 amide bonds. The van der Waals surface area contributed by atoms with E-state index < -0.39 is 23.1 Å². The Balaban J connectivity index is 2.65. The lowest BCUT2D eigenvalue weighted by Gasteiger charge is -2.36. The zero-order chi connectivity index (χ0) is 16.5. The van der Waals surface area contributed by atoms with E-state index in [0.717, 1.165) is 31.4 Å². The van der Waals surface area contributed by atoms with Gasteiger partial charge in [0.25, 0.3) is 0 Å². The summed E-state index contributed by atoms with van der Waals surface area (Å²) in [5, 5.41) is 9.74. The van der Waals surface area contributed by atoms with Gasteiger partial charge in [-0.1, -0.05) is 19.3 Å². The molecule has 0 aliphatic heterocycles. The summed E-state index contributed by atoms with van der Waals surface area (Å²) in [5.41, 5.74) is -1.20. The maximum absolute atomic E-state index is 13.0. The average Bonchev–Trinajstić information content (AvgIpc) is 2.46. The summed E-state index contributed by atoms with van der Waals surface area (Å²) in [6, 6.07) is 3.41. The summed E-state index contributed by atoms with van der Waals surface area (Å²) < 4.78 is 39.1. The highest BCUT2D eigenvalue weighted by molar-refractivity contribution is 5.84. The van der Waals surface area contributed by atoms with Gasteiger partial charge in [0.15, 0.2) is 0 Å². The third-order valence-electron chi connectivity index (χ3n) is 4.44. The van der Waals surface area contributed by atoms with E-state index in [9.17, 15) is 23.1 Å². The van der Waals surface area contributed by atoms with Crippen LogP contribution in [0.1, 0.15) is 43.2 Å². The molecule has 22 heavy (non-hydrogen) atoms. The Hall–Kier alpha value is -1.72. The molecule has 0 atom stereocenters. The molecule has 1 aromatic carbocycles. The number of nitrogens with zero attached hydrogens (tertiary/aromatic N) is 1. The highest BCUT2D eigenvalue weighted by Gasteiger charge is 2.44. The Morgan fingerprint density at radius 1 is 1.18 bits per heavy atom. The maximum atomic E-state index is 13.0. The minimum absolute atomic E-state index is 0.277. The highest BCUT2D eigenvalue weighted by Crippen LogP contribution is 2.45. The second kappa shape index (κ2) is 5.82. The fraction of sp³-hybridized carbons (Fsp3) is 0.562. The van der Waals surface area contributed by atoms with Gasteiger partial charge in [-0.3, -0.25) is 4.79 Å². The van der Waals surface area contributed by atoms with Gasteiger partial charge < -0.3 is 10.0 Å². The predicted molar refractivity (Wildman–Crippen MR) is 78.2 cm³/mol. The molecule has 1 aromatic rings. The number of carbonyl (C=O) groups is 1. The number of aliphatic carboxylic acids is 1. The minimum Gasteiger partial charge on any atom is -0.481 e. The molecule has 1 N–H and O–H groups in total. The van der Waals surface area contributed by atoms with Gasteiger partial charge in [-0.05, 0) is 36.6 Å². The number of rotatable bonds is 3. The Bertz CT molecular complexity index is 561. The highest BCUT2D eigenvalue weighted by atomic mass is 19.4. The standard InChI is InChI=1S/C16H20F3NO2/c1-20(2)13-7-6-11(16(17,18)19)10-12(13)15(14(21)22)8-4-3-5-9-15/h6-7,10H,3-5,8-9H2,1-2H3,(H,21,22). The van der Waals surface area contributed by atoms with Crippen molar-refractivity contribution in [2.45, 2.75) is 43.7 Å². The molecule has 0 radical (unpaired) electrons. The van der Waals surface area contributed by atoms with Crippen molar-refractivity contribution in [1.82, 2.24) is 0 Å². The molecule has 3 nitrogen and oxygen atoms in total. The van der Waals surface area contributed by atoms with E-state index in [0.29, 0.717) is 18.5 Å². The predicted octanol–water partition coefficient (Wildman–Crippen LogP) is 4.06. The Morgan fingerprint density at radius 3 is 2.23 bits per heavy atom. The maximum Gasteiger partial charge on any atom is 0.416 e. The first kappa shape index (κ1) is 16.6. The molecule has 1 aliphatic carbocycles. The first-order chi connectivity index (χ1) is 10.2. The third kappa shape index (κ3) is 2.91. The molecule has 1 fully saturated rings. The van der Waals surface area contributed by atoms with Crippen molar-refractivity contribution in [3.05, 3.63) is 29.3 Å². The van der Waals surface area contributed by atoms with Crippen LogP contribution in [-0.2, 0) is 16.4 Å². The van der Waals surface area contributed by atoms with E-state index in [-0.39, 0.29) is 5.56 Å². The molecular weight excluding hydrogens is 295 g/mol. The monoisotopic (exact) mass is 315 g/mol. The number of benzene rings is 1. The molecule has 1 aliphatic rings. The van der Waals surface area contributed by atoms with Crippen LogP contribution in [0.2, 0.25) is 0 Å². The van der Waals surface area contributed by atoms with Gasteiger partial charge in [0.1, 0.15) is 0 Å². The molecular formula is C16H20F3NO2. The zero-order valence-corrected chi connectivity index (χ0v) is 12.7. The summed E-state index contributed by atoms with van der Waals surface area (Å²) in [7, 11) is 3.43. The van der Waals surface area contributed by atoms with Crippen LogP contribution < -0.4 is 4.90 Å². The first-order valence-electron chi connectivity index (χ1n) is 7.31. The van der Waals surface area contributed by atoms with Crippen molar-refractivity contribution in [2.75, 3.05) is 19.0 Å². The fourth-order valence-electron chi connectivity index (χ4n) is 3.24. The van der Waals surface area contributed by atoms with Crippen LogP contribution in [0.3, 0.4) is 0 Å². The van der Waals surface area contributed by atoms with E-state index in [4.69, 9.17) is 0 Å². The second-order valence-corrected chi connectivity index (χ2v) is 6.07. The van der Waals surface area contributed by atoms with E-state index in [2.05, 4.69) is 0 Å². The smallest absolute Gasteiger partial charge is 0.416 e. The van der Waals surface area contributed by atoms with E-state index >= 15 is 0 Å². The first-order valence-corrected chi connectivity index (χ1v) is 7.31. The van der Waals surface area contributed by atoms with Crippen LogP contribution in [0, 0.1) is 0 Å². The van der Waals surface area contributed by atoms with Gasteiger partial charge in [-0.25, -0.2) is 0 Å². The molecule has 2 rings (SSSR count). The molecule has 122 valence electrons. The normalized spacial score (nSPS) is 18.0. The quantitative estimate of drug-likeness (QED) is 0.914. The van der Waals surface area contributed by atoms with Crippen molar-refractivity contribution in [3.8, 4) is 0 Å². The van der Waals surface area contributed by atoms with Crippen molar-refractivity contribution >= 4 is 11.7 Å². The van der Waals surface area contributed by atoms with Crippen molar-refractivity contribution < 1.29 is 23.1 Å². The van der Waals surface area contributed by atoms with Gasteiger partial charge >= 0.3 is 12.1 Å². The molecule has 6 heteroatoms. The summed E-state index contributed by atoms with van der Waals surface area (Å²) in [5.74, 6) is -1.03. The number of hydrogen-bond acceptors (Lipinski definition) is 2. The Morgan fingerprint density at radius 2 is 1.77 bits per heavy atom. The van der Waals surface area contributed by atoms with Crippen molar-refractivity contribution in [1.29, 1.82) is 0 Å². The van der Waals surface area contributed by atoms with E-state index in [1.807, 2.05) is 0 Å². The molecule has 0 bridgehead atoms. The number of halogens is 3. The molecule has 0 unspecified atom stereocenters. The number of anilines is 1.